The zero-order valence-electron chi connectivity index (χ0n) is 13.0. The highest BCUT2D eigenvalue weighted by Crippen LogP contribution is 2.39. The van der Waals surface area contributed by atoms with E-state index >= 15 is 0 Å². The molecule has 0 aliphatic heterocycles. The zero-order valence-corrected chi connectivity index (χ0v) is 13.0. The van der Waals surface area contributed by atoms with E-state index in [2.05, 4.69) is 12.4 Å². The zero-order chi connectivity index (χ0) is 13.6. The first-order valence-electron chi connectivity index (χ1n) is 8.55. The third-order valence-corrected chi connectivity index (χ3v) is 5.61. The maximum Gasteiger partial charge on any atom is 0.0833 e. The molecule has 2 fully saturated rings. The Morgan fingerprint density at radius 1 is 0.895 bits per heavy atom. The van der Waals surface area contributed by atoms with Crippen molar-refractivity contribution in [1.29, 1.82) is 0 Å². The van der Waals surface area contributed by atoms with Gasteiger partial charge < -0.3 is 10.1 Å². The van der Waals surface area contributed by atoms with Crippen molar-refractivity contribution in [2.45, 2.75) is 88.7 Å². The summed E-state index contributed by atoms with van der Waals surface area (Å²) in [6, 6.07) is 0.564. The molecule has 1 N–H and O–H groups in total. The van der Waals surface area contributed by atoms with Gasteiger partial charge in [0, 0.05) is 13.2 Å². The molecule has 2 nitrogen and oxygen atoms in total. The summed E-state index contributed by atoms with van der Waals surface area (Å²) in [6.07, 6.45) is 16.5. The van der Waals surface area contributed by atoms with Gasteiger partial charge in [0.05, 0.1) is 5.60 Å². The number of rotatable bonds is 4. The van der Waals surface area contributed by atoms with E-state index in [1.54, 1.807) is 0 Å². The van der Waals surface area contributed by atoms with Crippen LogP contribution in [0, 0.1) is 5.92 Å². The van der Waals surface area contributed by atoms with E-state index in [1.165, 1.54) is 77.0 Å². The molecule has 112 valence electrons. The van der Waals surface area contributed by atoms with Crippen LogP contribution < -0.4 is 5.32 Å². The molecule has 1 unspecified atom stereocenters. The summed E-state index contributed by atoms with van der Waals surface area (Å²) in [5.74, 6) is 0.825. The van der Waals surface area contributed by atoms with Crippen molar-refractivity contribution in [3.63, 3.8) is 0 Å². The lowest BCUT2D eigenvalue weighted by Gasteiger charge is -2.43. The van der Waals surface area contributed by atoms with Crippen molar-refractivity contribution < 1.29 is 4.74 Å². The second-order valence-electron chi connectivity index (χ2n) is 6.70. The fourth-order valence-corrected chi connectivity index (χ4v) is 4.54. The van der Waals surface area contributed by atoms with Crippen LogP contribution in [0.4, 0.5) is 0 Å². The second kappa shape index (κ2) is 7.64. The minimum absolute atomic E-state index is 0.111. The number of likely N-dealkylation sites (N-methyl/N-ethyl adjacent to an activating group) is 1. The SMILES string of the molecule is CNC(C1CCCCCC1)C1(OC)CCCCCC1. The molecular weight excluding hydrogens is 234 g/mol. The van der Waals surface area contributed by atoms with Crippen molar-refractivity contribution >= 4 is 0 Å². The average molecular weight is 267 g/mol. The molecule has 0 spiro atoms. The quantitative estimate of drug-likeness (QED) is 0.767. The predicted molar refractivity (Wildman–Crippen MR) is 81.5 cm³/mol. The highest BCUT2D eigenvalue weighted by molar-refractivity contribution is 4.97. The molecule has 0 bridgehead atoms. The van der Waals surface area contributed by atoms with Gasteiger partial charge in [-0.1, -0.05) is 51.4 Å². The highest BCUT2D eigenvalue weighted by Gasteiger charge is 2.42. The molecule has 2 rings (SSSR count). The number of hydrogen-bond acceptors (Lipinski definition) is 2. The van der Waals surface area contributed by atoms with Gasteiger partial charge in [0.1, 0.15) is 0 Å². The van der Waals surface area contributed by atoms with Gasteiger partial charge in [0.15, 0.2) is 0 Å². The number of hydrogen-bond donors (Lipinski definition) is 1. The molecule has 0 aromatic rings. The van der Waals surface area contributed by atoms with Gasteiger partial charge in [-0.05, 0) is 38.6 Å². The first-order chi connectivity index (χ1) is 9.32. The Bertz CT molecular complexity index is 238. The van der Waals surface area contributed by atoms with Crippen molar-refractivity contribution in [1.82, 2.24) is 5.32 Å². The third-order valence-electron chi connectivity index (χ3n) is 5.61. The minimum Gasteiger partial charge on any atom is -0.377 e. The van der Waals surface area contributed by atoms with Gasteiger partial charge in [0.25, 0.3) is 0 Å². The Morgan fingerprint density at radius 3 is 1.89 bits per heavy atom. The molecule has 0 saturated heterocycles. The van der Waals surface area contributed by atoms with Gasteiger partial charge in [-0.15, -0.1) is 0 Å². The number of methoxy groups -OCH3 is 1. The van der Waals surface area contributed by atoms with Crippen LogP contribution in [-0.4, -0.2) is 25.8 Å². The summed E-state index contributed by atoms with van der Waals surface area (Å²) in [5, 5.41) is 3.66. The maximum absolute atomic E-state index is 6.14. The predicted octanol–water partition coefficient (Wildman–Crippen LogP) is 4.28. The second-order valence-corrected chi connectivity index (χ2v) is 6.70. The molecule has 19 heavy (non-hydrogen) atoms. The van der Waals surface area contributed by atoms with Crippen molar-refractivity contribution in [3.05, 3.63) is 0 Å². The Labute approximate surface area is 119 Å². The van der Waals surface area contributed by atoms with Crippen LogP contribution in [0.3, 0.4) is 0 Å². The maximum atomic E-state index is 6.14. The van der Waals surface area contributed by atoms with Crippen LogP contribution in [0.1, 0.15) is 77.0 Å². The summed E-state index contributed by atoms with van der Waals surface area (Å²) in [4.78, 5) is 0. The van der Waals surface area contributed by atoms with Crippen molar-refractivity contribution in [2.24, 2.45) is 5.92 Å². The largest absolute Gasteiger partial charge is 0.377 e. The fourth-order valence-electron chi connectivity index (χ4n) is 4.54. The van der Waals surface area contributed by atoms with Crippen LogP contribution in [0.5, 0.6) is 0 Å². The molecular formula is C17H33NO. The standard InChI is InChI=1S/C17H33NO/c1-18-16(15-11-7-3-4-8-12-15)17(19-2)13-9-5-6-10-14-17/h15-16,18H,3-14H2,1-2H3. The lowest BCUT2D eigenvalue weighted by molar-refractivity contribution is -0.0678. The summed E-state index contributed by atoms with van der Waals surface area (Å²) < 4.78 is 6.14. The average Bonchev–Trinajstić information content (AvgIpc) is 2.83. The summed E-state index contributed by atoms with van der Waals surface area (Å²) in [5.41, 5.74) is 0.111. The van der Waals surface area contributed by atoms with Crippen molar-refractivity contribution in [3.8, 4) is 0 Å². The Hall–Kier alpha value is -0.0800. The van der Waals surface area contributed by atoms with E-state index in [0.29, 0.717) is 6.04 Å². The first-order valence-corrected chi connectivity index (χ1v) is 8.55. The molecule has 1 atom stereocenters. The molecule has 0 amide bonds. The van der Waals surface area contributed by atoms with Crippen molar-refractivity contribution in [2.75, 3.05) is 14.2 Å². The topological polar surface area (TPSA) is 21.3 Å². The normalized spacial score (nSPS) is 27.5. The number of ether oxygens (including phenoxy) is 1. The smallest absolute Gasteiger partial charge is 0.0833 e. The molecule has 0 radical (unpaired) electrons. The van der Waals surface area contributed by atoms with Gasteiger partial charge in [-0.3, -0.25) is 0 Å². The lowest BCUT2D eigenvalue weighted by Crippen LogP contribution is -2.54. The van der Waals surface area contributed by atoms with Crippen LogP contribution in [-0.2, 0) is 4.74 Å². The van der Waals surface area contributed by atoms with Gasteiger partial charge in [-0.2, -0.15) is 0 Å². The Morgan fingerprint density at radius 2 is 1.42 bits per heavy atom. The lowest BCUT2D eigenvalue weighted by atomic mass is 9.76. The summed E-state index contributed by atoms with van der Waals surface area (Å²) >= 11 is 0. The van der Waals surface area contributed by atoms with Crippen LogP contribution in [0.15, 0.2) is 0 Å². The Kier molecular flexibility index (Phi) is 6.15. The van der Waals surface area contributed by atoms with Crippen LogP contribution in [0.2, 0.25) is 0 Å². The van der Waals surface area contributed by atoms with E-state index in [4.69, 9.17) is 4.74 Å². The fraction of sp³-hybridized carbons (Fsp3) is 1.00. The van der Waals surface area contributed by atoms with E-state index in [-0.39, 0.29) is 5.60 Å². The number of nitrogens with one attached hydrogen (secondary N) is 1. The Balaban J connectivity index is 2.11. The highest BCUT2D eigenvalue weighted by atomic mass is 16.5. The van der Waals surface area contributed by atoms with Crippen LogP contribution >= 0.6 is 0 Å². The monoisotopic (exact) mass is 267 g/mol. The summed E-state index contributed by atoms with van der Waals surface area (Å²) in [6.45, 7) is 0. The molecule has 2 heteroatoms. The molecule has 2 aliphatic rings. The van der Waals surface area contributed by atoms with Gasteiger partial charge in [-0.25, -0.2) is 0 Å². The van der Waals surface area contributed by atoms with E-state index in [9.17, 15) is 0 Å². The minimum atomic E-state index is 0.111. The summed E-state index contributed by atoms with van der Waals surface area (Å²) in [7, 11) is 4.10. The molecule has 0 aromatic heterocycles. The van der Waals surface area contributed by atoms with E-state index < -0.39 is 0 Å². The van der Waals surface area contributed by atoms with Gasteiger partial charge >= 0.3 is 0 Å². The van der Waals surface area contributed by atoms with E-state index in [0.717, 1.165) is 5.92 Å². The molecule has 2 aliphatic carbocycles. The molecule has 2 saturated carbocycles. The van der Waals surface area contributed by atoms with E-state index in [1.807, 2.05) is 7.11 Å². The van der Waals surface area contributed by atoms with Crippen LogP contribution in [0.25, 0.3) is 0 Å². The van der Waals surface area contributed by atoms with Gasteiger partial charge in [0.2, 0.25) is 0 Å². The molecule has 0 aromatic carbocycles. The molecule has 0 heterocycles. The third kappa shape index (κ3) is 3.72. The first kappa shape index (κ1) is 15.3.